The van der Waals surface area contributed by atoms with Gasteiger partial charge in [-0.15, -0.1) is 0 Å². The average molecular weight is 491 g/mol. The van der Waals surface area contributed by atoms with Crippen LogP contribution in [0.1, 0.15) is 36.5 Å². The first kappa shape index (κ1) is 22.5. The van der Waals surface area contributed by atoms with Crippen LogP contribution in [0.5, 0.6) is 11.5 Å². The fourth-order valence-electron chi connectivity index (χ4n) is 6.05. The largest absolute Gasteiger partial charge is 0.454 e. The number of amides is 4. The van der Waals surface area contributed by atoms with Crippen molar-refractivity contribution >= 4 is 29.3 Å². The fraction of sp³-hybridized carbons (Fsp3) is 0.385. The van der Waals surface area contributed by atoms with E-state index in [1.165, 1.54) is 4.90 Å². The SMILES string of the molecule is CCc1ccc2c(c1)[C@]1(N[C@@H](CCC(N)=O)[C@H]3C(=O)N(Cc4ccc5c(c4)OCO5)C(=O)[C@@H]31)C(=O)N2. The normalized spacial score (nSPS) is 27.5. The maximum atomic E-state index is 13.9. The number of nitrogens with one attached hydrogen (secondary N) is 2. The van der Waals surface area contributed by atoms with E-state index in [1.54, 1.807) is 18.2 Å². The van der Waals surface area contributed by atoms with E-state index in [0.717, 1.165) is 12.0 Å². The van der Waals surface area contributed by atoms with Gasteiger partial charge in [0.2, 0.25) is 30.4 Å². The summed E-state index contributed by atoms with van der Waals surface area (Å²) < 4.78 is 10.8. The van der Waals surface area contributed by atoms with Gasteiger partial charge in [-0.2, -0.15) is 0 Å². The van der Waals surface area contributed by atoms with E-state index in [2.05, 4.69) is 10.6 Å². The van der Waals surface area contributed by atoms with E-state index in [4.69, 9.17) is 15.2 Å². The Balaban J connectivity index is 1.41. The Bertz CT molecular complexity index is 1330. The number of carbonyl (C=O) groups excluding carboxylic acids is 4. The lowest BCUT2D eigenvalue weighted by Crippen LogP contribution is -2.53. The molecule has 4 heterocycles. The maximum absolute atomic E-state index is 13.9. The third-order valence-corrected chi connectivity index (χ3v) is 7.76. The number of benzene rings is 2. The summed E-state index contributed by atoms with van der Waals surface area (Å²) in [6.07, 6.45) is 1.02. The van der Waals surface area contributed by atoms with Crippen molar-refractivity contribution in [2.45, 2.75) is 44.3 Å². The van der Waals surface area contributed by atoms with E-state index in [9.17, 15) is 19.2 Å². The fourth-order valence-corrected chi connectivity index (χ4v) is 6.05. The number of rotatable bonds is 6. The molecule has 4 aliphatic heterocycles. The molecule has 2 aromatic rings. The third kappa shape index (κ3) is 3.13. The number of nitrogens with zero attached hydrogens (tertiary/aromatic N) is 1. The molecule has 4 atom stereocenters. The van der Waals surface area contributed by atoms with E-state index in [-0.39, 0.29) is 38.0 Å². The summed E-state index contributed by atoms with van der Waals surface area (Å²) in [6, 6.07) is 10.4. The van der Waals surface area contributed by atoms with Gasteiger partial charge in [0.1, 0.15) is 5.54 Å². The number of ether oxygens (including phenoxy) is 2. The van der Waals surface area contributed by atoms with Crippen molar-refractivity contribution in [2.24, 2.45) is 17.6 Å². The van der Waals surface area contributed by atoms with Crippen molar-refractivity contribution in [3.63, 3.8) is 0 Å². The van der Waals surface area contributed by atoms with Gasteiger partial charge in [-0.25, -0.2) is 0 Å². The van der Waals surface area contributed by atoms with Gasteiger partial charge in [-0.3, -0.25) is 29.4 Å². The number of imide groups is 1. The van der Waals surface area contributed by atoms with Crippen LogP contribution in [0.3, 0.4) is 0 Å². The molecule has 0 bridgehead atoms. The molecule has 6 rings (SSSR count). The van der Waals surface area contributed by atoms with Gasteiger partial charge in [-0.1, -0.05) is 25.1 Å². The summed E-state index contributed by atoms with van der Waals surface area (Å²) >= 11 is 0. The molecule has 10 heteroatoms. The minimum absolute atomic E-state index is 0.0318. The van der Waals surface area contributed by atoms with Crippen LogP contribution in [0, 0.1) is 11.8 Å². The lowest BCUT2D eigenvalue weighted by Gasteiger charge is -2.29. The molecule has 0 aliphatic carbocycles. The number of carbonyl (C=O) groups is 4. The molecule has 36 heavy (non-hydrogen) atoms. The van der Waals surface area contributed by atoms with Crippen molar-refractivity contribution in [1.29, 1.82) is 0 Å². The molecule has 186 valence electrons. The predicted molar refractivity (Wildman–Crippen MR) is 127 cm³/mol. The highest BCUT2D eigenvalue weighted by atomic mass is 16.7. The highest BCUT2D eigenvalue weighted by molar-refractivity contribution is 6.15. The maximum Gasteiger partial charge on any atom is 0.250 e. The first-order valence-corrected chi connectivity index (χ1v) is 12.1. The highest BCUT2D eigenvalue weighted by Gasteiger charge is 2.70. The Morgan fingerprint density at radius 2 is 1.86 bits per heavy atom. The van der Waals surface area contributed by atoms with Gasteiger partial charge in [0.05, 0.1) is 18.4 Å². The number of hydrogen-bond acceptors (Lipinski definition) is 7. The zero-order valence-electron chi connectivity index (χ0n) is 19.7. The lowest BCUT2D eigenvalue weighted by atomic mass is 9.76. The van der Waals surface area contributed by atoms with Gasteiger partial charge in [0.25, 0.3) is 0 Å². The Morgan fingerprint density at radius 1 is 1.08 bits per heavy atom. The Labute approximate surface area is 207 Å². The lowest BCUT2D eigenvalue weighted by molar-refractivity contribution is -0.143. The first-order valence-electron chi connectivity index (χ1n) is 12.1. The smallest absolute Gasteiger partial charge is 0.250 e. The monoisotopic (exact) mass is 490 g/mol. The summed E-state index contributed by atoms with van der Waals surface area (Å²) in [5.41, 5.74) is 7.00. The van der Waals surface area contributed by atoms with E-state index in [1.807, 2.05) is 25.1 Å². The topological polar surface area (TPSA) is 140 Å². The van der Waals surface area contributed by atoms with Gasteiger partial charge < -0.3 is 20.5 Å². The van der Waals surface area contributed by atoms with E-state index in [0.29, 0.717) is 28.3 Å². The molecule has 4 N–H and O–H groups in total. The molecule has 0 radical (unpaired) electrons. The predicted octanol–water partition coefficient (Wildman–Crippen LogP) is 1.16. The summed E-state index contributed by atoms with van der Waals surface area (Å²) in [4.78, 5) is 54.0. The summed E-state index contributed by atoms with van der Waals surface area (Å²) in [5, 5.41) is 6.24. The van der Waals surface area contributed by atoms with Crippen molar-refractivity contribution in [2.75, 3.05) is 12.1 Å². The van der Waals surface area contributed by atoms with Crippen LogP contribution in [0.25, 0.3) is 0 Å². The van der Waals surface area contributed by atoms with Gasteiger partial charge >= 0.3 is 0 Å². The minimum Gasteiger partial charge on any atom is -0.454 e. The van der Waals surface area contributed by atoms with Crippen molar-refractivity contribution < 1.29 is 28.7 Å². The number of aryl methyl sites for hydroxylation is 1. The van der Waals surface area contributed by atoms with Crippen LogP contribution < -0.4 is 25.8 Å². The zero-order chi connectivity index (χ0) is 25.2. The third-order valence-electron chi connectivity index (χ3n) is 7.76. The molecule has 1 spiro atoms. The van der Waals surface area contributed by atoms with Gasteiger partial charge in [0, 0.05) is 23.7 Å². The molecule has 10 nitrogen and oxygen atoms in total. The second kappa shape index (κ2) is 8.06. The summed E-state index contributed by atoms with van der Waals surface area (Å²) in [6.45, 7) is 2.18. The number of anilines is 1. The molecule has 2 aromatic carbocycles. The standard InChI is InChI=1S/C26H26N4O6/c1-2-13-3-5-16-15(9-13)26(25(34)28-16)22-21(17(29-26)6-8-20(27)31)23(32)30(24(22)33)11-14-4-7-18-19(10-14)36-12-35-18/h3-5,7,9-10,17,21-22,29H,2,6,8,11-12H2,1H3,(H2,27,31)(H,28,34)/t17-,21+,22+,26+/m0/s1. The molecule has 4 aliphatic rings. The molecule has 0 unspecified atom stereocenters. The minimum atomic E-state index is -1.40. The van der Waals surface area contributed by atoms with Crippen LogP contribution in [0.15, 0.2) is 36.4 Å². The number of primary amides is 1. The highest BCUT2D eigenvalue weighted by Crippen LogP contribution is 2.54. The van der Waals surface area contributed by atoms with E-state index >= 15 is 0 Å². The second-order valence-electron chi connectivity index (χ2n) is 9.71. The van der Waals surface area contributed by atoms with Gasteiger partial charge in [-0.05, 0) is 42.2 Å². The number of nitrogens with two attached hydrogens (primary N) is 1. The molecular weight excluding hydrogens is 464 g/mol. The van der Waals surface area contributed by atoms with E-state index < -0.39 is 35.2 Å². The average Bonchev–Trinajstić information content (AvgIpc) is 3.59. The summed E-state index contributed by atoms with van der Waals surface area (Å²) in [7, 11) is 0. The van der Waals surface area contributed by atoms with Crippen LogP contribution in [0.4, 0.5) is 5.69 Å². The quantitative estimate of drug-likeness (QED) is 0.516. The van der Waals surface area contributed by atoms with Crippen LogP contribution >= 0.6 is 0 Å². The van der Waals surface area contributed by atoms with Crippen LogP contribution in [0.2, 0.25) is 0 Å². The second-order valence-corrected chi connectivity index (χ2v) is 9.71. The molecule has 0 aromatic heterocycles. The Hall–Kier alpha value is -3.92. The van der Waals surface area contributed by atoms with Crippen molar-refractivity contribution in [3.05, 3.63) is 53.1 Å². The number of hydrogen-bond donors (Lipinski definition) is 3. The Kier molecular flexibility index (Phi) is 5.04. The van der Waals surface area contributed by atoms with Crippen LogP contribution in [-0.2, 0) is 37.7 Å². The van der Waals surface area contributed by atoms with Crippen molar-refractivity contribution in [3.8, 4) is 11.5 Å². The zero-order valence-corrected chi connectivity index (χ0v) is 19.7. The molecule has 2 fully saturated rings. The first-order chi connectivity index (χ1) is 17.3. The molecule has 2 saturated heterocycles. The number of fused-ring (bicyclic) bond motifs is 5. The number of likely N-dealkylation sites (tertiary alicyclic amines) is 1. The summed E-state index contributed by atoms with van der Waals surface area (Å²) in [5.74, 6) is -2.23. The van der Waals surface area contributed by atoms with Crippen molar-refractivity contribution in [1.82, 2.24) is 10.2 Å². The molecular formula is C26H26N4O6. The molecule has 0 saturated carbocycles. The van der Waals surface area contributed by atoms with Crippen LogP contribution in [-0.4, -0.2) is 41.4 Å². The van der Waals surface area contributed by atoms with Gasteiger partial charge in [0.15, 0.2) is 11.5 Å². The molecule has 4 amide bonds. The Morgan fingerprint density at radius 3 is 2.64 bits per heavy atom.